The van der Waals surface area contributed by atoms with E-state index in [9.17, 15) is 27.6 Å². The van der Waals surface area contributed by atoms with Crippen molar-refractivity contribution in [2.45, 2.75) is 25.7 Å². The monoisotopic (exact) mass is 339 g/mol. The predicted octanol–water partition coefficient (Wildman–Crippen LogP) is 0.370. The van der Waals surface area contributed by atoms with Gasteiger partial charge in [-0.1, -0.05) is 0 Å². The van der Waals surface area contributed by atoms with Crippen LogP contribution in [-0.2, 0) is 25.7 Å². The van der Waals surface area contributed by atoms with Gasteiger partial charge < -0.3 is 15.4 Å². The van der Waals surface area contributed by atoms with Crippen molar-refractivity contribution in [3.05, 3.63) is 16.6 Å². The van der Waals surface area contributed by atoms with Crippen molar-refractivity contribution in [3.8, 4) is 0 Å². The maximum Gasteiger partial charge on any atom is 0.471 e. The molecule has 0 radical (unpaired) electrons. The standard InChI is InChI=1S/C11H12F3N3O4S/c1-6(18)21-5-7(17-10(20)11(12,13)14)9(19)16-4-8-15-2-3-22-8/h2-3,7H,4-5H2,1H3,(H,16,19)(H,17,20). The number of amides is 2. The number of rotatable bonds is 6. The van der Waals surface area contributed by atoms with E-state index < -0.39 is 36.6 Å². The van der Waals surface area contributed by atoms with Crippen LogP contribution in [0.2, 0.25) is 0 Å². The zero-order valence-electron chi connectivity index (χ0n) is 11.3. The minimum Gasteiger partial charge on any atom is -0.463 e. The van der Waals surface area contributed by atoms with Crippen LogP contribution in [0.15, 0.2) is 11.6 Å². The average molecular weight is 339 g/mol. The Hall–Kier alpha value is -2.17. The summed E-state index contributed by atoms with van der Waals surface area (Å²) in [5.41, 5.74) is 0. The molecule has 0 saturated carbocycles. The number of alkyl halides is 3. The fourth-order valence-corrected chi connectivity index (χ4v) is 1.81. The van der Waals surface area contributed by atoms with Crippen LogP contribution < -0.4 is 10.6 Å². The second-order valence-electron chi connectivity index (χ2n) is 3.97. The molecule has 1 aromatic rings. The highest BCUT2D eigenvalue weighted by atomic mass is 32.1. The maximum absolute atomic E-state index is 12.2. The fourth-order valence-electron chi connectivity index (χ4n) is 1.25. The molecule has 0 aromatic carbocycles. The minimum absolute atomic E-state index is 0.0189. The van der Waals surface area contributed by atoms with Crippen LogP contribution in [0.25, 0.3) is 0 Å². The number of thiazole rings is 1. The molecule has 1 unspecified atom stereocenters. The molecule has 0 bridgehead atoms. The number of nitrogens with zero attached hydrogens (tertiary/aromatic N) is 1. The zero-order valence-corrected chi connectivity index (χ0v) is 12.1. The largest absolute Gasteiger partial charge is 0.471 e. The molecule has 0 saturated heterocycles. The van der Waals surface area contributed by atoms with Gasteiger partial charge in [0.15, 0.2) is 0 Å². The SMILES string of the molecule is CC(=O)OCC(NC(=O)C(F)(F)F)C(=O)NCc1nccs1. The van der Waals surface area contributed by atoms with Gasteiger partial charge in [0.25, 0.3) is 0 Å². The van der Waals surface area contributed by atoms with Crippen molar-refractivity contribution in [1.82, 2.24) is 15.6 Å². The molecule has 11 heteroatoms. The van der Waals surface area contributed by atoms with E-state index in [0.717, 1.165) is 6.92 Å². The van der Waals surface area contributed by atoms with Crippen LogP contribution in [-0.4, -0.2) is 41.6 Å². The summed E-state index contributed by atoms with van der Waals surface area (Å²) in [5, 5.41) is 5.96. The number of hydrogen-bond acceptors (Lipinski definition) is 6. The fraction of sp³-hybridized carbons (Fsp3) is 0.455. The smallest absolute Gasteiger partial charge is 0.463 e. The number of carbonyl (C=O) groups is 3. The first kappa shape index (κ1) is 17.9. The van der Waals surface area contributed by atoms with Crippen molar-refractivity contribution >= 4 is 29.1 Å². The number of nitrogens with one attached hydrogen (secondary N) is 2. The molecule has 0 fully saturated rings. The third-order valence-corrected chi connectivity index (χ3v) is 3.01. The van der Waals surface area contributed by atoms with Crippen LogP contribution in [0.3, 0.4) is 0 Å². The summed E-state index contributed by atoms with van der Waals surface area (Å²) in [7, 11) is 0. The number of ether oxygens (including phenoxy) is 1. The van der Waals surface area contributed by atoms with Crippen LogP contribution >= 0.6 is 11.3 Å². The van der Waals surface area contributed by atoms with E-state index in [0.29, 0.717) is 5.01 Å². The summed E-state index contributed by atoms with van der Waals surface area (Å²) in [6.45, 7) is 0.298. The molecule has 0 spiro atoms. The average Bonchev–Trinajstić information content (AvgIpc) is 2.92. The van der Waals surface area contributed by atoms with E-state index in [1.54, 1.807) is 5.38 Å². The van der Waals surface area contributed by atoms with Crippen molar-refractivity contribution in [2.75, 3.05) is 6.61 Å². The van der Waals surface area contributed by atoms with Crippen molar-refractivity contribution in [1.29, 1.82) is 0 Å². The number of esters is 1. The first-order valence-electron chi connectivity index (χ1n) is 5.87. The van der Waals surface area contributed by atoms with Gasteiger partial charge in [0, 0.05) is 18.5 Å². The van der Waals surface area contributed by atoms with Gasteiger partial charge in [-0.15, -0.1) is 11.3 Å². The molecule has 1 aromatic heterocycles. The highest BCUT2D eigenvalue weighted by Gasteiger charge is 2.41. The lowest BCUT2D eigenvalue weighted by molar-refractivity contribution is -0.175. The van der Waals surface area contributed by atoms with Gasteiger partial charge >= 0.3 is 18.1 Å². The topological polar surface area (TPSA) is 97.4 Å². The van der Waals surface area contributed by atoms with Gasteiger partial charge in [-0.05, 0) is 0 Å². The molecule has 2 N–H and O–H groups in total. The second kappa shape index (κ2) is 7.73. The summed E-state index contributed by atoms with van der Waals surface area (Å²) in [4.78, 5) is 37.3. The molecular weight excluding hydrogens is 327 g/mol. The van der Waals surface area contributed by atoms with Gasteiger partial charge in [0.2, 0.25) is 5.91 Å². The Morgan fingerprint density at radius 3 is 2.59 bits per heavy atom. The lowest BCUT2D eigenvalue weighted by Gasteiger charge is -2.18. The zero-order chi connectivity index (χ0) is 16.8. The van der Waals surface area contributed by atoms with E-state index in [1.807, 2.05) is 0 Å². The van der Waals surface area contributed by atoms with Crippen molar-refractivity contribution < 1.29 is 32.3 Å². The molecule has 0 aliphatic rings. The molecule has 1 atom stereocenters. The van der Waals surface area contributed by atoms with E-state index in [-0.39, 0.29) is 6.54 Å². The Kier molecular flexibility index (Phi) is 6.28. The van der Waals surface area contributed by atoms with E-state index in [2.05, 4.69) is 15.0 Å². The van der Waals surface area contributed by atoms with E-state index >= 15 is 0 Å². The van der Waals surface area contributed by atoms with Gasteiger partial charge in [-0.25, -0.2) is 4.98 Å². The highest BCUT2D eigenvalue weighted by molar-refractivity contribution is 7.09. The molecule has 1 rings (SSSR count). The van der Waals surface area contributed by atoms with Crippen molar-refractivity contribution in [3.63, 3.8) is 0 Å². The van der Waals surface area contributed by atoms with Gasteiger partial charge in [0.1, 0.15) is 17.7 Å². The Morgan fingerprint density at radius 2 is 2.09 bits per heavy atom. The summed E-state index contributed by atoms with van der Waals surface area (Å²) in [6.07, 6.45) is -3.65. The van der Waals surface area contributed by atoms with Crippen LogP contribution in [0.1, 0.15) is 11.9 Å². The molecule has 0 aliphatic carbocycles. The molecular formula is C11H12F3N3O4S. The normalized spacial score (nSPS) is 12.4. The van der Waals surface area contributed by atoms with E-state index in [1.165, 1.54) is 22.9 Å². The quantitative estimate of drug-likeness (QED) is 0.730. The molecule has 7 nitrogen and oxygen atoms in total. The van der Waals surface area contributed by atoms with Gasteiger partial charge in [0.05, 0.1) is 6.54 Å². The number of aromatic nitrogens is 1. The highest BCUT2D eigenvalue weighted by Crippen LogP contribution is 2.14. The Labute approximate surface area is 126 Å². The summed E-state index contributed by atoms with van der Waals surface area (Å²) >= 11 is 1.23. The predicted molar refractivity (Wildman–Crippen MR) is 68.6 cm³/mol. The maximum atomic E-state index is 12.2. The molecule has 22 heavy (non-hydrogen) atoms. The molecule has 0 aliphatic heterocycles. The van der Waals surface area contributed by atoms with E-state index in [4.69, 9.17) is 0 Å². The number of hydrogen-bond donors (Lipinski definition) is 2. The second-order valence-corrected chi connectivity index (χ2v) is 4.95. The first-order chi connectivity index (χ1) is 10.2. The van der Waals surface area contributed by atoms with Gasteiger partial charge in [-0.3, -0.25) is 14.4 Å². The number of halogens is 3. The molecule has 1 heterocycles. The minimum atomic E-state index is -5.15. The summed E-state index contributed by atoms with van der Waals surface area (Å²) in [5.74, 6) is -4.01. The lowest BCUT2D eigenvalue weighted by Crippen LogP contribution is -2.52. The summed E-state index contributed by atoms with van der Waals surface area (Å²) < 4.78 is 41.1. The molecule has 2 amide bonds. The Morgan fingerprint density at radius 1 is 1.41 bits per heavy atom. The lowest BCUT2D eigenvalue weighted by atomic mass is 10.2. The Balaban J connectivity index is 2.64. The first-order valence-corrected chi connectivity index (χ1v) is 6.75. The Bertz CT molecular complexity index is 533. The third kappa shape index (κ3) is 6.08. The van der Waals surface area contributed by atoms with Gasteiger partial charge in [-0.2, -0.15) is 13.2 Å². The van der Waals surface area contributed by atoms with Crippen molar-refractivity contribution in [2.24, 2.45) is 0 Å². The van der Waals surface area contributed by atoms with Crippen LogP contribution in [0.5, 0.6) is 0 Å². The van der Waals surface area contributed by atoms with Crippen LogP contribution in [0.4, 0.5) is 13.2 Å². The van der Waals surface area contributed by atoms with Crippen LogP contribution in [0, 0.1) is 0 Å². The third-order valence-electron chi connectivity index (χ3n) is 2.23. The summed E-state index contributed by atoms with van der Waals surface area (Å²) in [6, 6.07) is -1.65. The molecule has 122 valence electrons. The number of carbonyl (C=O) groups excluding carboxylic acids is 3.